The van der Waals surface area contributed by atoms with Crippen molar-refractivity contribution < 1.29 is 26.4 Å². The van der Waals surface area contributed by atoms with Gasteiger partial charge in [-0.15, -0.1) is 0 Å². The number of rotatable bonds is 13. The van der Waals surface area contributed by atoms with E-state index in [4.69, 9.17) is 4.84 Å². The van der Waals surface area contributed by atoms with Crippen molar-refractivity contribution in [3.05, 3.63) is 59.3 Å². The molecule has 0 amide bonds. The Balaban J connectivity index is 0.00000578. The second-order valence-corrected chi connectivity index (χ2v) is 9.13. The molecule has 0 aromatic carbocycles. The predicted molar refractivity (Wildman–Crippen MR) is 138 cm³/mol. The minimum absolute atomic E-state index is 0. The van der Waals surface area contributed by atoms with Gasteiger partial charge in [-0.1, -0.05) is 51.6 Å². The summed E-state index contributed by atoms with van der Waals surface area (Å²) >= 11 is 0. The van der Waals surface area contributed by atoms with Crippen LogP contribution in [0.25, 0.3) is 11.2 Å². The zero-order valence-electron chi connectivity index (χ0n) is 22.0. The van der Waals surface area contributed by atoms with Gasteiger partial charge in [0.2, 0.25) is 5.52 Å². The standard InChI is InChI=1S/C27H42N5O.BrH/c1-21(2)11-8-12-22(3)13-9-14-23(4)15-10-16-24(5)17-18-32-20-31(6)27-25(32)26(30-33-7)28-19-29-27;/h11,13,15,17,19-20H,8-10,12,14,16,18H2,1-7H3,(H,28,29,30);1H/q+1;/p-1/b22-13+,23-15+,24-17+;. The summed E-state index contributed by atoms with van der Waals surface area (Å²) in [6.07, 6.45) is 19.7. The zero-order valence-corrected chi connectivity index (χ0v) is 23.6. The zero-order chi connectivity index (χ0) is 24.2. The second kappa shape index (κ2) is 15.6. The summed E-state index contributed by atoms with van der Waals surface area (Å²) in [5.41, 5.74) is 10.4. The fourth-order valence-corrected chi connectivity index (χ4v) is 3.76. The molecule has 0 fully saturated rings. The molecule has 0 aliphatic rings. The van der Waals surface area contributed by atoms with Crippen molar-refractivity contribution in [3.8, 4) is 0 Å². The Morgan fingerprint density at radius 2 is 1.47 bits per heavy atom. The minimum Gasteiger partial charge on any atom is -1.00 e. The van der Waals surface area contributed by atoms with E-state index in [1.807, 2.05) is 17.9 Å². The van der Waals surface area contributed by atoms with Gasteiger partial charge in [0.25, 0.3) is 0 Å². The SMILES string of the molecule is CONc1ncnc2c1n(C/C=C(\C)CC/C=C(\C)CC/C=C(\C)CCC=C(C)C)c[n+]2C.[Br-]. The fourth-order valence-electron chi connectivity index (χ4n) is 3.76. The summed E-state index contributed by atoms with van der Waals surface area (Å²) in [5, 5.41) is 0. The molecule has 0 unspecified atom stereocenters. The Kier molecular flexibility index (Phi) is 13.7. The fraction of sp³-hybridized carbons (Fsp3) is 0.519. The van der Waals surface area contributed by atoms with E-state index in [0.29, 0.717) is 5.82 Å². The van der Waals surface area contributed by atoms with Gasteiger partial charge >= 0.3 is 5.65 Å². The third kappa shape index (κ3) is 9.94. The van der Waals surface area contributed by atoms with Crippen molar-refractivity contribution >= 4 is 17.0 Å². The molecule has 7 heteroatoms. The Hall–Kier alpha value is -2.25. The summed E-state index contributed by atoms with van der Waals surface area (Å²) in [6, 6.07) is 0. The molecule has 6 nitrogen and oxygen atoms in total. The van der Waals surface area contributed by atoms with E-state index in [1.54, 1.807) is 13.4 Å². The predicted octanol–water partition coefficient (Wildman–Crippen LogP) is 3.38. The van der Waals surface area contributed by atoms with Crippen molar-refractivity contribution in [1.29, 1.82) is 0 Å². The van der Waals surface area contributed by atoms with Crippen LogP contribution in [-0.4, -0.2) is 21.6 Å². The molecule has 2 heterocycles. The van der Waals surface area contributed by atoms with Gasteiger partial charge in [-0.05, 0) is 73.1 Å². The molecule has 0 radical (unpaired) electrons. The van der Waals surface area contributed by atoms with Crippen LogP contribution in [0.3, 0.4) is 0 Å². The van der Waals surface area contributed by atoms with Gasteiger partial charge in [-0.3, -0.25) is 9.40 Å². The van der Waals surface area contributed by atoms with Crippen LogP contribution >= 0.6 is 0 Å². The third-order valence-electron chi connectivity index (χ3n) is 5.73. The normalized spacial score (nSPS) is 12.6. The summed E-state index contributed by atoms with van der Waals surface area (Å²) in [6.45, 7) is 11.8. The average molecular weight is 533 g/mol. The number of aromatic nitrogens is 4. The highest BCUT2D eigenvalue weighted by molar-refractivity contribution is 5.80. The summed E-state index contributed by atoms with van der Waals surface area (Å²) in [4.78, 5) is 13.8. The maximum absolute atomic E-state index is 5.08. The highest BCUT2D eigenvalue weighted by atomic mass is 79.9. The molecule has 0 bridgehead atoms. The van der Waals surface area contributed by atoms with Crippen LogP contribution in [0, 0.1) is 0 Å². The maximum Gasteiger partial charge on any atom is 0.307 e. The first-order chi connectivity index (χ1) is 15.8. The van der Waals surface area contributed by atoms with Crippen LogP contribution in [0.15, 0.2) is 59.3 Å². The van der Waals surface area contributed by atoms with E-state index in [2.05, 4.69) is 78.9 Å². The molecule has 2 aromatic rings. The Labute approximate surface area is 216 Å². The van der Waals surface area contributed by atoms with Crippen molar-refractivity contribution in [2.24, 2.45) is 7.05 Å². The smallest absolute Gasteiger partial charge is 0.307 e. The Bertz CT molecular complexity index is 1030. The molecule has 0 aliphatic heterocycles. The van der Waals surface area contributed by atoms with Crippen LogP contribution in [-0.2, 0) is 18.4 Å². The lowest BCUT2D eigenvalue weighted by Gasteiger charge is -2.04. The van der Waals surface area contributed by atoms with Crippen LogP contribution in [0.1, 0.15) is 73.1 Å². The van der Waals surface area contributed by atoms with Crippen LogP contribution in [0.5, 0.6) is 0 Å². The van der Waals surface area contributed by atoms with Gasteiger partial charge in [0.15, 0.2) is 18.5 Å². The molecule has 0 saturated heterocycles. The monoisotopic (exact) mass is 531 g/mol. The first-order valence-corrected chi connectivity index (χ1v) is 11.9. The first-order valence-electron chi connectivity index (χ1n) is 11.9. The minimum atomic E-state index is 0. The van der Waals surface area contributed by atoms with E-state index in [0.717, 1.165) is 49.8 Å². The molecular weight excluding hydrogens is 490 g/mol. The van der Waals surface area contributed by atoms with Gasteiger partial charge in [0.1, 0.15) is 0 Å². The molecule has 34 heavy (non-hydrogen) atoms. The van der Waals surface area contributed by atoms with Crippen LogP contribution in [0.4, 0.5) is 5.82 Å². The average Bonchev–Trinajstić information content (AvgIpc) is 3.09. The van der Waals surface area contributed by atoms with Gasteiger partial charge in [-0.2, -0.15) is 4.98 Å². The van der Waals surface area contributed by atoms with Gasteiger partial charge in [-0.25, -0.2) is 10.0 Å². The van der Waals surface area contributed by atoms with E-state index in [1.165, 1.54) is 28.7 Å². The number of nitrogens with zero attached hydrogens (tertiary/aromatic N) is 4. The summed E-state index contributed by atoms with van der Waals surface area (Å²) in [5.74, 6) is 0.675. The number of anilines is 1. The van der Waals surface area contributed by atoms with Crippen molar-refractivity contribution in [2.75, 3.05) is 12.6 Å². The van der Waals surface area contributed by atoms with E-state index < -0.39 is 0 Å². The summed E-state index contributed by atoms with van der Waals surface area (Å²) in [7, 11) is 3.58. The molecule has 2 rings (SSSR count). The topological polar surface area (TPSA) is 55.9 Å². The number of aryl methyl sites for hydroxylation is 1. The molecular formula is C27H42BrN5O. The Morgan fingerprint density at radius 3 is 2.03 bits per heavy atom. The summed E-state index contributed by atoms with van der Waals surface area (Å²) < 4.78 is 4.15. The van der Waals surface area contributed by atoms with Gasteiger partial charge in [0.05, 0.1) is 20.7 Å². The van der Waals surface area contributed by atoms with E-state index in [9.17, 15) is 0 Å². The van der Waals surface area contributed by atoms with Crippen LogP contribution in [0.2, 0.25) is 0 Å². The quantitative estimate of drug-likeness (QED) is 0.244. The maximum atomic E-state index is 5.08. The highest BCUT2D eigenvalue weighted by Gasteiger charge is 2.18. The third-order valence-corrected chi connectivity index (χ3v) is 5.73. The molecule has 2 aromatic heterocycles. The number of hydrogen-bond acceptors (Lipinski definition) is 4. The van der Waals surface area contributed by atoms with Gasteiger partial charge < -0.3 is 17.0 Å². The largest absolute Gasteiger partial charge is 1.00 e. The number of allylic oxidation sites excluding steroid dienone is 8. The van der Waals surface area contributed by atoms with Crippen LogP contribution < -0.4 is 27.0 Å². The molecule has 188 valence electrons. The van der Waals surface area contributed by atoms with Gasteiger partial charge in [0, 0.05) is 0 Å². The number of halogens is 1. The molecule has 0 saturated carbocycles. The number of hydrogen-bond donors (Lipinski definition) is 1. The first kappa shape index (κ1) is 29.8. The lowest BCUT2D eigenvalue weighted by atomic mass is 10.0. The number of imidazole rings is 1. The van der Waals surface area contributed by atoms with Crippen molar-refractivity contribution in [3.63, 3.8) is 0 Å². The van der Waals surface area contributed by atoms with Crippen molar-refractivity contribution in [1.82, 2.24) is 14.5 Å². The molecule has 0 atom stereocenters. The lowest BCUT2D eigenvalue weighted by Crippen LogP contribution is -3.00. The molecule has 0 spiro atoms. The Morgan fingerprint density at radius 1 is 0.912 bits per heavy atom. The second-order valence-electron chi connectivity index (χ2n) is 9.13. The van der Waals surface area contributed by atoms with Crippen molar-refractivity contribution in [2.45, 2.75) is 79.7 Å². The lowest BCUT2D eigenvalue weighted by molar-refractivity contribution is -0.647. The molecule has 0 aliphatic carbocycles. The molecule has 1 N–H and O–H groups in total. The van der Waals surface area contributed by atoms with E-state index in [-0.39, 0.29) is 17.0 Å². The number of fused-ring (bicyclic) bond motifs is 1. The number of nitrogens with one attached hydrogen (secondary N) is 1. The van der Waals surface area contributed by atoms with E-state index >= 15 is 0 Å². The highest BCUT2D eigenvalue weighted by Crippen LogP contribution is 2.18.